The molecule has 1 aromatic carbocycles. The molecule has 0 heterocycles. The van der Waals surface area contributed by atoms with E-state index in [-0.39, 0.29) is 0 Å². The average molecular weight is 206 g/mol. The Labute approximate surface area is 89.1 Å². The van der Waals surface area contributed by atoms with Crippen molar-refractivity contribution in [2.24, 2.45) is 5.92 Å². The first-order chi connectivity index (χ1) is 7.17. The average Bonchev–Trinajstić information content (AvgIpc) is 2.25. The molecule has 0 N–H and O–H groups in total. The molecular weight excluding hydrogens is 192 g/mol. The van der Waals surface area contributed by atoms with Gasteiger partial charge in [-0.05, 0) is 24.1 Å². The van der Waals surface area contributed by atoms with Crippen LogP contribution in [0.3, 0.4) is 0 Å². The van der Waals surface area contributed by atoms with Gasteiger partial charge in [-0.25, -0.2) is 0 Å². The molecule has 0 unspecified atom stereocenters. The van der Waals surface area contributed by atoms with E-state index in [0.717, 1.165) is 0 Å². The number of benzene rings is 1. The Morgan fingerprint density at radius 3 is 2.53 bits per heavy atom. The number of ether oxygens (including phenoxy) is 1. The Kier molecular flexibility index (Phi) is 4.03. The molecule has 0 spiro atoms. The van der Waals surface area contributed by atoms with Gasteiger partial charge < -0.3 is 4.74 Å². The minimum Gasteiger partial charge on any atom is -0.493 e. The number of carbonyl (C=O) groups is 2. The largest absolute Gasteiger partial charge is 0.493 e. The molecule has 0 aliphatic carbocycles. The Balaban J connectivity index is 2.87. The van der Waals surface area contributed by atoms with E-state index in [9.17, 15) is 9.59 Å². The molecule has 0 fully saturated rings. The van der Waals surface area contributed by atoms with Gasteiger partial charge in [0.15, 0.2) is 6.29 Å². The molecule has 0 aromatic heterocycles. The molecule has 3 nitrogen and oxygen atoms in total. The molecule has 0 saturated carbocycles. The monoisotopic (exact) mass is 206 g/mol. The van der Waals surface area contributed by atoms with Crippen molar-refractivity contribution in [3.63, 3.8) is 0 Å². The highest BCUT2D eigenvalue weighted by Gasteiger charge is 2.05. The highest BCUT2D eigenvalue weighted by molar-refractivity contribution is 5.84. The summed E-state index contributed by atoms with van der Waals surface area (Å²) < 4.78 is 5.44. The fourth-order valence-corrected chi connectivity index (χ4v) is 1.12. The van der Waals surface area contributed by atoms with E-state index in [1.807, 2.05) is 13.8 Å². The van der Waals surface area contributed by atoms with Gasteiger partial charge in [0.2, 0.25) is 0 Å². The molecule has 1 aromatic rings. The molecule has 0 radical (unpaired) electrons. The highest BCUT2D eigenvalue weighted by Crippen LogP contribution is 2.18. The van der Waals surface area contributed by atoms with Gasteiger partial charge in [0.1, 0.15) is 12.0 Å². The van der Waals surface area contributed by atoms with Crippen LogP contribution in [-0.2, 0) is 0 Å². The molecule has 3 heteroatoms. The minimum absolute atomic E-state index is 0.398. The molecule has 1 rings (SSSR count). The zero-order chi connectivity index (χ0) is 11.3. The summed E-state index contributed by atoms with van der Waals surface area (Å²) in [5.74, 6) is 0.930. The summed E-state index contributed by atoms with van der Waals surface area (Å²) in [6.07, 6.45) is 1.40. The topological polar surface area (TPSA) is 43.4 Å². The van der Waals surface area contributed by atoms with E-state index in [4.69, 9.17) is 4.74 Å². The first-order valence-electron chi connectivity index (χ1n) is 4.84. The van der Waals surface area contributed by atoms with Crippen LogP contribution in [0.4, 0.5) is 0 Å². The Morgan fingerprint density at radius 1 is 1.27 bits per heavy atom. The second-order valence-corrected chi connectivity index (χ2v) is 3.74. The van der Waals surface area contributed by atoms with Gasteiger partial charge in [-0.15, -0.1) is 0 Å². The van der Waals surface area contributed by atoms with E-state index in [0.29, 0.717) is 42.0 Å². The van der Waals surface area contributed by atoms with Gasteiger partial charge in [-0.3, -0.25) is 9.59 Å². The van der Waals surface area contributed by atoms with Crippen molar-refractivity contribution in [1.82, 2.24) is 0 Å². The zero-order valence-corrected chi connectivity index (χ0v) is 8.90. The predicted molar refractivity (Wildman–Crippen MR) is 57.6 cm³/mol. The minimum atomic E-state index is 0.398. The summed E-state index contributed by atoms with van der Waals surface area (Å²) in [4.78, 5) is 21.2. The molecule has 0 aliphatic rings. The summed E-state index contributed by atoms with van der Waals surface area (Å²) in [6, 6.07) is 4.81. The van der Waals surface area contributed by atoms with Crippen LogP contribution in [0.1, 0.15) is 34.6 Å². The summed E-state index contributed by atoms with van der Waals surface area (Å²) in [7, 11) is 0. The maximum Gasteiger partial charge on any atom is 0.153 e. The van der Waals surface area contributed by atoms with E-state index in [2.05, 4.69) is 0 Å². The van der Waals surface area contributed by atoms with Gasteiger partial charge in [0, 0.05) is 5.56 Å². The molecule has 15 heavy (non-hydrogen) atoms. The van der Waals surface area contributed by atoms with Crippen molar-refractivity contribution in [2.45, 2.75) is 13.8 Å². The van der Waals surface area contributed by atoms with Gasteiger partial charge in [0.05, 0.1) is 12.2 Å². The molecule has 0 saturated heterocycles. The van der Waals surface area contributed by atoms with Crippen LogP contribution in [0.5, 0.6) is 5.75 Å². The third-order valence-corrected chi connectivity index (χ3v) is 1.87. The third-order valence-electron chi connectivity index (χ3n) is 1.87. The Morgan fingerprint density at radius 2 is 2.00 bits per heavy atom. The third kappa shape index (κ3) is 3.20. The van der Waals surface area contributed by atoms with E-state index in [1.54, 1.807) is 12.1 Å². The summed E-state index contributed by atoms with van der Waals surface area (Å²) in [6.45, 7) is 4.61. The molecule has 0 aliphatic heterocycles. The van der Waals surface area contributed by atoms with E-state index >= 15 is 0 Å². The lowest BCUT2D eigenvalue weighted by Crippen LogP contribution is -2.06. The smallest absolute Gasteiger partial charge is 0.153 e. The van der Waals surface area contributed by atoms with Crippen molar-refractivity contribution in [2.75, 3.05) is 6.61 Å². The van der Waals surface area contributed by atoms with Crippen LogP contribution in [0.25, 0.3) is 0 Å². The lowest BCUT2D eigenvalue weighted by atomic mass is 10.1. The van der Waals surface area contributed by atoms with E-state index in [1.165, 1.54) is 6.07 Å². The van der Waals surface area contributed by atoms with Crippen molar-refractivity contribution in [3.8, 4) is 5.75 Å². The summed E-state index contributed by atoms with van der Waals surface area (Å²) in [5.41, 5.74) is 0.897. The summed E-state index contributed by atoms with van der Waals surface area (Å²) >= 11 is 0. The standard InChI is InChI=1S/C12H14O3/c1-9(2)8-15-12-4-3-10(6-13)5-11(12)7-14/h3-7,9H,8H2,1-2H3. The first-order valence-corrected chi connectivity index (χ1v) is 4.84. The van der Waals surface area contributed by atoms with Crippen LogP contribution < -0.4 is 4.74 Å². The van der Waals surface area contributed by atoms with Crippen molar-refractivity contribution < 1.29 is 14.3 Å². The Hall–Kier alpha value is -1.64. The number of rotatable bonds is 5. The summed E-state index contributed by atoms with van der Waals surface area (Å²) in [5, 5.41) is 0. The second kappa shape index (κ2) is 5.29. The molecule has 0 atom stereocenters. The van der Waals surface area contributed by atoms with Crippen LogP contribution in [0, 0.1) is 5.92 Å². The fraction of sp³-hybridized carbons (Fsp3) is 0.333. The van der Waals surface area contributed by atoms with Crippen LogP contribution in [0.2, 0.25) is 0 Å². The van der Waals surface area contributed by atoms with Gasteiger partial charge in [-0.2, -0.15) is 0 Å². The SMILES string of the molecule is CC(C)COc1ccc(C=O)cc1C=O. The first kappa shape index (κ1) is 11.4. The predicted octanol–water partition coefficient (Wildman–Crippen LogP) is 2.35. The number of aldehydes is 2. The molecule has 0 bridgehead atoms. The Bertz CT molecular complexity index is 356. The number of hydrogen-bond donors (Lipinski definition) is 0. The highest BCUT2D eigenvalue weighted by atomic mass is 16.5. The maximum atomic E-state index is 10.7. The normalized spacial score (nSPS) is 10.1. The van der Waals surface area contributed by atoms with Crippen LogP contribution in [0.15, 0.2) is 18.2 Å². The quantitative estimate of drug-likeness (QED) is 0.694. The molecular formula is C12H14O3. The number of carbonyl (C=O) groups excluding carboxylic acids is 2. The van der Waals surface area contributed by atoms with E-state index < -0.39 is 0 Å². The molecule has 0 amide bonds. The van der Waals surface area contributed by atoms with Crippen molar-refractivity contribution in [1.29, 1.82) is 0 Å². The van der Waals surface area contributed by atoms with Crippen LogP contribution in [-0.4, -0.2) is 19.2 Å². The fourth-order valence-electron chi connectivity index (χ4n) is 1.12. The van der Waals surface area contributed by atoms with Gasteiger partial charge in [0.25, 0.3) is 0 Å². The lowest BCUT2D eigenvalue weighted by molar-refractivity contribution is 0.111. The van der Waals surface area contributed by atoms with Gasteiger partial charge in [-0.1, -0.05) is 13.8 Å². The molecule has 80 valence electrons. The zero-order valence-electron chi connectivity index (χ0n) is 8.90. The van der Waals surface area contributed by atoms with Crippen molar-refractivity contribution in [3.05, 3.63) is 29.3 Å². The van der Waals surface area contributed by atoms with Crippen molar-refractivity contribution >= 4 is 12.6 Å². The second-order valence-electron chi connectivity index (χ2n) is 3.74. The number of hydrogen-bond acceptors (Lipinski definition) is 3. The maximum absolute atomic E-state index is 10.7. The van der Waals surface area contributed by atoms with Crippen LogP contribution >= 0.6 is 0 Å². The lowest BCUT2D eigenvalue weighted by Gasteiger charge is -2.10. The van der Waals surface area contributed by atoms with Gasteiger partial charge >= 0.3 is 0 Å².